The molecule has 304 valence electrons. The van der Waals surface area contributed by atoms with E-state index in [4.69, 9.17) is 32.3 Å². The highest BCUT2D eigenvalue weighted by molar-refractivity contribution is 7.93. The Morgan fingerprint density at radius 1 is 0.846 bits per heavy atom. The number of benzene rings is 1. The summed E-state index contributed by atoms with van der Waals surface area (Å²) in [6.07, 6.45) is 21.2. The summed E-state index contributed by atoms with van der Waals surface area (Å²) in [5.41, 5.74) is 1.14. The van der Waals surface area contributed by atoms with Crippen LogP contribution < -0.4 is 5.32 Å². The van der Waals surface area contributed by atoms with Gasteiger partial charge in [0.05, 0.1) is 30.0 Å². The normalized spacial score (nSPS) is 9.94. The van der Waals surface area contributed by atoms with Gasteiger partial charge >= 0.3 is 5.97 Å². The van der Waals surface area contributed by atoms with Crippen molar-refractivity contribution >= 4 is 68.5 Å². The molecule has 1 heterocycles. The predicted octanol–water partition coefficient (Wildman–Crippen LogP) is 11.0. The number of allylic oxidation sites excluding steroid dienone is 2. The predicted molar refractivity (Wildman–Crippen MR) is 237 cm³/mol. The van der Waals surface area contributed by atoms with E-state index in [2.05, 4.69) is 92.5 Å². The first-order chi connectivity index (χ1) is 25.2. The first-order valence-corrected chi connectivity index (χ1v) is 21.4. The second kappa shape index (κ2) is 51.7. The number of aliphatic hydroxyl groups excluding tert-OH is 2. The van der Waals surface area contributed by atoms with Gasteiger partial charge in [-0.05, 0) is 114 Å². The van der Waals surface area contributed by atoms with E-state index in [0.29, 0.717) is 19.6 Å². The quantitative estimate of drug-likeness (QED) is 0.0399. The van der Waals surface area contributed by atoms with Crippen LogP contribution in [0.1, 0.15) is 131 Å². The van der Waals surface area contributed by atoms with Gasteiger partial charge in [0.2, 0.25) is 0 Å². The molecule has 0 spiro atoms. The van der Waals surface area contributed by atoms with Crippen LogP contribution in [-0.4, -0.2) is 94.6 Å². The van der Waals surface area contributed by atoms with Gasteiger partial charge < -0.3 is 35.3 Å². The zero-order valence-corrected chi connectivity index (χ0v) is 36.7. The average Bonchev–Trinajstić information content (AvgIpc) is 3.53. The number of carboxylic acids is 1. The molecule has 0 amide bonds. The molecule has 1 aromatic heterocycles. The fraction of sp³-hybridized carbons (Fsp3) is 0.725. The molecule has 0 unspecified atom stereocenters. The Morgan fingerprint density at radius 3 is 1.75 bits per heavy atom. The number of thiazole rings is 1. The number of hydrogen-bond donors (Lipinski definition) is 5. The molecule has 5 N–H and O–H groups in total. The highest BCUT2D eigenvalue weighted by Crippen LogP contribution is 2.17. The lowest BCUT2D eigenvalue weighted by atomic mass is 10.1. The SMILES string of the molecule is CCCCCCCC/C=C\CCCCCCCC(=O)O.CCN(CC)CCO.CCNCC.CCOCCO.S=C=S.S=c1[nH]c2ccccc2s1. The number of rotatable bonds is 24. The van der Waals surface area contributed by atoms with Crippen LogP contribution in [0.25, 0.3) is 10.2 Å². The Hall–Kier alpha value is -1.44. The van der Waals surface area contributed by atoms with E-state index >= 15 is 0 Å². The molecule has 0 bridgehead atoms. The maximum absolute atomic E-state index is 10.3. The summed E-state index contributed by atoms with van der Waals surface area (Å²) in [4.78, 5) is 15.6. The van der Waals surface area contributed by atoms with Crippen LogP contribution in [0.4, 0.5) is 0 Å². The van der Waals surface area contributed by atoms with Crippen LogP contribution in [-0.2, 0) is 9.53 Å². The number of ether oxygens (including phenoxy) is 1. The molecule has 8 nitrogen and oxygen atoms in total. The topological polar surface area (TPSA) is 118 Å². The number of fused-ring (bicyclic) bond motifs is 1. The second-order valence-corrected chi connectivity index (χ2v) is 13.8. The molecular formula is C40H75N3O5S4. The number of nitrogens with zero attached hydrogens (tertiary/aromatic N) is 1. The van der Waals surface area contributed by atoms with Crippen molar-refractivity contribution in [3.8, 4) is 0 Å². The van der Waals surface area contributed by atoms with Crippen molar-refractivity contribution in [2.45, 2.75) is 131 Å². The maximum Gasteiger partial charge on any atom is 0.303 e. The molecule has 0 radical (unpaired) electrons. The largest absolute Gasteiger partial charge is 0.481 e. The molecule has 2 aromatic rings. The molecule has 0 aliphatic carbocycles. The van der Waals surface area contributed by atoms with Gasteiger partial charge in [-0.3, -0.25) is 4.79 Å². The molecule has 2 rings (SSSR count). The first-order valence-electron chi connectivity index (χ1n) is 19.4. The van der Waals surface area contributed by atoms with E-state index in [9.17, 15) is 4.79 Å². The zero-order chi connectivity index (χ0) is 39.9. The highest BCUT2D eigenvalue weighted by Gasteiger charge is 1.96. The van der Waals surface area contributed by atoms with E-state index in [1.165, 1.54) is 75.3 Å². The number of aliphatic carboxylic acids is 1. The number of nitrogens with one attached hydrogen (secondary N) is 2. The number of aromatic nitrogens is 1. The number of carbonyl (C=O) groups is 1. The number of aliphatic hydroxyl groups is 2. The van der Waals surface area contributed by atoms with Crippen LogP contribution in [0.2, 0.25) is 0 Å². The molecule has 1 aromatic carbocycles. The van der Waals surface area contributed by atoms with Gasteiger partial charge in [-0.25, -0.2) is 0 Å². The summed E-state index contributed by atoms with van der Waals surface area (Å²) in [5, 5.41) is 28.1. The molecule has 52 heavy (non-hydrogen) atoms. The lowest BCUT2D eigenvalue weighted by molar-refractivity contribution is -0.137. The summed E-state index contributed by atoms with van der Waals surface area (Å²) >= 11 is 14.5. The van der Waals surface area contributed by atoms with E-state index in [0.717, 1.165) is 55.0 Å². The Kier molecular flexibility index (Phi) is 56.9. The zero-order valence-electron chi connectivity index (χ0n) is 33.5. The minimum atomic E-state index is -0.664. The molecule has 12 heteroatoms. The monoisotopic (exact) mass is 805 g/mol. The molecule has 0 atom stereocenters. The lowest BCUT2D eigenvalue weighted by Gasteiger charge is -2.15. The fourth-order valence-electron chi connectivity index (χ4n) is 4.38. The van der Waals surface area contributed by atoms with Crippen LogP contribution in [0.3, 0.4) is 0 Å². The Bertz CT molecular complexity index is 1050. The molecule has 0 aliphatic heterocycles. The summed E-state index contributed by atoms with van der Waals surface area (Å²) in [7, 11) is 0. The lowest BCUT2D eigenvalue weighted by Crippen LogP contribution is -2.25. The van der Waals surface area contributed by atoms with Crippen molar-refractivity contribution in [1.29, 1.82) is 0 Å². The van der Waals surface area contributed by atoms with Gasteiger partial charge in [0, 0.05) is 23.9 Å². The van der Waals surface area contributed by atoms with Crippen LogP contribution >= 0.6 is 48.0 Å². The standard InChI is InChI=1S/C18H34O2.C7H5NS2.C6H15NO.C4H11N.C4H10O2.CS2/c1-2-3-4-5-6-7-8-9-10-11-12-13-14-15-16-17-18(19)20;9-7-8-5-3-1-2-4-6(5)10-7;1-3-7(4-2)5-6-8;1-3-5-4-2;1-2-6-4-3-5;2-1-3/h9-10H,2-8,11-17H2,1H3,(H,19,20);1-4H,(H,8,9);8H,3-6H2,1-2H3;5H,3-4H2,1-2H3;5H,2-4H2,1H3;/b10-9-;;;;;. The number of unbranched alkanes of at least 4 members (excludes halogenated alkanes) is 11. The van der Waals surface area contributed by atoms with Crippen molar-refractivity contribution in [3.63, 3.8) is 0 Å². The van der Waals surface area contributed by atoms with Crippen LogP contribution in [0.15, 0.2) is 36.4 Å². The van der Waals surface area contributed by atoms with Gasteiger partial charge in [0.1, 0.15) is 0 Å². The van der Waals surface area contributed by atoms with Gasteiger partial charge in [0.25, 0.3) is 0 Å². The van der Waals surface area contributed by atoms with Crippen molar-refractivity contribution in [2.24, 2.45) is 0 Å². The summed E-state index contributed by atoms with van der Waals surface area (Å²) in [5.74, 6) is -0.664. The van der Waals surface area contributed by atoms with Gasteiger partial charge in [-0.1, -0.05) is 110 Å². The minimum Gasteiger partial charge on any atom is -0.481 e. The number of hydrogen-bond acceptors (Lipinski definition) is 10. The summed E-state index contributed by atoms with van der Waals surface area (Å²) in [6.45, 7) is 19.2. The average molecular weight is 806 g/mol. The van der Waals surface area contributed by atoms with E-state index in [1.807, 2.05) is 29.4 Å². The van der Waals surface area contributed by atoms with Crippen molar-refractivity contribution in [2.75, 3.05) is 59.2 Å². The van der Waals surface area contributed by atoms with Crippen molar-refractivity contribution < 1.29 is 24.9 Å². The number of carboxylic acid groups (broad SMARTS) is 1. The van der Waals surface area contributed by atoms with Gasteiger partial charge in [-0.2, -0.15) is 0 Å². The Labute approximate surface area is 337 Å². The van der Waals surface area contributed by atoms with Gasteiger partial charge in [0.15, 0.2) is 3.95 Å². The smallest absolute Gasteiger partial charge is 0.303 e. The third kappa shape index (κ3) is 50.7. The molecule has 0 aliphatic rings. The third-order valence-corrected chi connectivity index (χ3v) is 8.44. The second-order valence-electron chi connectivity index (χ2n) is 11.5. The molecule has 0 saturated heterocycles. The Balaban J connectivity index is -0.000000300. The first kappa shape index (κ1) is 57.3. The maximum atomic E-state index is 10.3. The fourth-order valence-corrected chi connectivity index (χ4v) is 5.50. The van der Waals surface area contributed by atoms with Crippen molar-refractivity contribution in [3.05, 3.63) is 40.4 Å². The summed E-state index contributed by atoms with van der Waals surface area (Å²) in [6, 6.07) is 8.11. The van der Waals surface area contributed by atoms with Gasteiger partial charge in [-0.15, -0.1) is 11.3 Å². The number of H-pyrrole nitrogens is 1. The van der Waals surface area contributed by atoms with E-state index < -0.39 is 5.97 Å². The summed E-state index contributed by atoms with van der Waals surface area (Å²) < 4.78 is 8.73. The number of likely N-dealkylation sites (N-methyl/N-ethyl adjacent to an activating group) is 1. The highest BCUT2D eigenvalue weighted by atomic mass is 32.1. The molecule has 0 saturated carbocycles. The number of thiocarbonyl (C=S) groups is 2. The number of aromatic amines is 1. The number of para-hydroxylation sites is 1. The minimum absolute atomic E-state index is 0.133. The van der Waals surface area contributed by atoms with E-state index in [1.54, 1.807) is 11.3 Å². The molecular weight excluding hydrogens is 731 g/mol. The van der Waals surface area contributed by atoms with Crippen molar-refractivity contribution in [1.82, 2.24) is 15.2 Å². The van der Waals surface area contributed by atoms with Crippen LogP contribution in [0.5, 0.6) is 0 Å². The Morgan fingerprint density at radius 2 is 1.37 bits per heavy atom. The third-order valence-electron chi connectivity index (χ3n) is 7.23. The molecule has 0 fully saturated rings. The van der Waals surface area contributed by atoms with Crippen LogP contribution in [0, 0.1) is 3.95 Å². The van der Waals surface area contributed by atoms with E-state index in [-0.39, 0.29) is 13.2 Å².